The molecule has 1 heterocycles. The molecule has 2 rings (SSSR count). The smallest absolute Gasteiger partial charge is 0.228 e. The Morgan fingerprint density at radius 2 is 2.06 bits per heavy atom. The summed E-state index contributed by atoms with van der Waals surface area (Å²) in [5.74, 6) is 1.58. The summed E-state index contributed by atoms with van der Waals surface area (Å²) in [6.45, 7) is 4.15. The van der Waals surface area contributed by atoms with Gasteiger partial charge in [-0.3, -0.25) is 0 Å². The van der Waals surface area contributed by atoms with Crippen LogP contribution in [0.2, 0.25) is 0 Å². The van der Waals surface area contributed by atoms with Crippen LogP contribution in [0, 0.1) is 5.92 Å². The molecule has 2 N–H and O–H groups in total. The summed E-state index contributed by atoms with van der Waals surface area (Å²) in [6.07, 6.45) is 5.05. The van der Waals surface area contributed by atoms with Gasteiger partial charge in [0.25, 0.3) is 0 Å². The van der Waals surface area contributed by atoms with Crippen molar-refractivity contribution in [3.8, 4) is 0 Å². The number of methoxy groups -OCH3 is 1. The molecule has 5 heteroatoms. The summed E-state index contributed by atoms with van der Waals surface area (Å²) in [4.78, 5) is 4.43. The zero-order valence-corrected chi connectivity index (χ0v) is 11.5. The lowest BCUT2D eigenvalue weighted by molar-refractivity contribution is 0.0555. The van der Waals surface area contributed by atoms with Crippen LogP contribution in [0.15, 0.2) is 4.52 Å². The average molecular weight is 253 g/mol. The number of hydrogen-bond donors (Lipinski definition) is 1. The molecular formula is C13H23N3O2. The minimum atomic E-state index is -0.149. The van der Waals surface area contributed by atoms with Crippen molar-refractivity contribution in [2.75, 3.05) is 7.11 Å². The van der Waals surface area contributed by atoms with Gasteiger partial charge in [0.05, 0.1) is 0 Å². The van der Waals surface area contributed by atoms with Crippen molar-refractivity contribution in [1.82, 2.24) is 10.1 Å². The Bertz CT molecular complexity index is 383. The first kappa shape index (κ1) is 13.5. The van der Waals surface area contributed by atoms with Crippen molar-refractivity contribution in [3.63, 3.8) is 0 Å². The van der Waals surface area contributed by atoms with Crippen LogP contribution < -0.4 is 5.73 Å². The van der Waals surface area contributed by atoms with Gasteiger partial charge in [0, 0.05) is 19.1 Å². The van der Waals surface area contributed by atoms with E-state index < -0.39 is 0 Å². The first-order chi connectivity index (χ1) is 8.54. The Morgan fingerprint density at radius 1 is 1.39 bits per heavy atom. The molecule has 1 aromatic heterocycles. The maximum atomic E-state index is 6.31. The van der Waals surface area contributed by atoms with Gasteiger partial charge in [0.1, 0.15) is 6.10 Å². The lowest BCUT2D eigenvalue weighted by Crippen LogP contribution is -2.38. The fraction of sp³-hybridized carbons (Fsp3) is 0.846. The Hall–Kier alpha value is -0.940. The molecule has 102 valence electrons. The molecule has 1 aliphatic carbocycles. The maximum absolute atomic E-state index is 6.31. The van der Waals surface area contributed by atoms with Crippen molar-refractivity contribution < 1.29 is 9.26 Å². The normalized spacial score (nSPS) is 20.5. The van der Waals surface area contributed by atoms with E-state index in [1.165, 1.54) is 12.8 Å². The molecule has 0 amide bonds. The molecule has 1 fully saturated rings. The number of hydrogen-bond acceptors (Lipinski definition) is 5. The van der Waals surface area contributed by atoms with Crippen molar-refractivity contribution >= 4 is 0 Å². The lowest BCUT2D eigenvalue weighted by atomic mass is 9.95. The number of nitrogens with zero attached hydrogens (tertiary/aromatic N) is 2. The third kappa shape index (κ3) is 2.90. The van der Waals surface area contributed by atoms with Gasteiger partial charge in [-0.25, -0.2) is 0 Å². The Morgan fingerprint density at radius 3 is 2.61 bits per heavy atom. The van der Waals surface area contributed by atoms with E-state index in [9.17, 15) is 0 Å². The van der Waals surface area contributed by atoms with Crippen LogP contribution in [-0.2, 0) is 11.2 Å². The Labute approximate surface area is 108 Å². The van der Waals surface area contributed by atoms with Crippen molar-refractivity contribution in [2.24, 2.45) is 11.7 Å². The highest BCUT2D eigenvalue weighted by Crippen LogP contribution is 2.30. The van der Waals surface area contributed by atoms with E-state index in [2.05, 4.69) is 24.0 Å². The molecule has 0 spiro atoms. The fourth-order valence-corrected chi connectivity index (χ4v) is 2.69. The van der Waals surface area contributed by atoms with Crippen LogP contribution in [0.25, 0.3) is 0 Å². The molecule has 0 aromatic carbocycles. The predicted octanol–water partition coefficient (Wildman–Crippen LogP) is 2.23. The van der Waals surface area contributed by atoms with E-state index in [1.54, 1.807) is 7.11 Å². The summed E-state index contributed by atoms with van der Waals surface area (Å²) < 4.78 is 10.7. The van der Waals surface area contributed by atoms with Crippen molar-refractivity contribution in [2.45, 2.75) is 57.6 Å². The molecule has 0 radical (unpaired) electrons. The minimum Gasteiger partial charge on any atom is -0.373 e. The molecule has 0 saturated heterocycles. The zero-order chi connectivity index (χ0) is 13.2. The summed E-state index contributed by atoms with van der Waals surface area (Å²) >= 11 is 0. The van der Waals surface area contributed by atoms with E-state index in [0.717, 1.165) is 12.8 Å². The fourth-order valence-electron chi connectivity index (χ4n) is 2.69. The molecule has 1 atom stereocenters. The third-order valence-electron chi connectivity index (χ3n) is 3.70. The first-order valence-corrected chi connectivity index (χ1v) is 6.68. The van der Waals surface area contributed by atoms with Crippen LogP contribution in [-0.4, -0.2) is 22.8 Å². The number of nitrogens with two attached hydrogens (primary N) is 1. The predicted molar refractivity (Wildman–Crippen MR) is 68.0 cm³/mol. The molecule has 1 aliphatic rings. The lowest BCUT2D eigenvalue weighted by Gasteiger charge is -2.20. The van der Waals surface area contributed by atoms with Crippen LogP contribution in [0.4, 0.5) is 0 Å². The highest BCUT2D eigenvalue weighted by atomic mass is 16.5. The van der Waals surface area contributed by atoms with Crippen LogP contribution in [0.3, 0.4) is 0 Å². The molecular weight excluding hydrogens is 230 g/mol. The highest BCUT2D eigenvalue weighted by molar-refractivity contribution is 5.00. The minimum absolute atomic E-state index is 0.111. The molecule has 1 unspecified atom stereocenters. The summed E-state index contributed by atoms with van der Waals surface area (Å²) in [7, 11) is 1.67. The van der Waals surface area contributed by atoms with Gasteiger partial charge in [-0.1, -0.05) is 31.8 Å². The van der Waals surface area contributed by atoms with Gasteiger partial charge in [-0.15, -0.1) is 0 Å². The van der Waals surface area contributed by atoms with Crippen LogP contribution in [0.5, 0.6) is 0 Å². The van der Waals surface area contributed by atoms with Crippen molar-refractivity contribution in [3.05, 3.63) is 11.7 Å². The largest absolute Gasteiger partial charge is 0.373 e. The maximum Gasteiger partial charge on any atom is 0.228 e. The molecule has 5 nitrogen and oxygen atoms in total. The zero-order valence-electron chi connectivity index (χ0n) is 11.5. The SMILES string of the molecule is COC(c1noc(CC2(N)CCCC2)n1)C(C)C. The van der Waals surface area contributed by atoms with Crippen molar-refractivity contribution in [1.29, 1.82) is 0 Å². The van der Waals surface area contributed by atoms with Gasteiger partial charge in [0.2, 0.25) is 11.7 Å². The standard InChI is InChI=1S/C13H23N3O2/c1-9(2)11(17-3)12-15-10(18-16-12)8-13(14)6-4-5-7-13/h9,11H,4-8,14H2,1-3H3. The number of aromatic nitrogens is 2. The highest BCUT2D eigenvalue weighted by Gasteiger charge is 2.32. The second-order valence-electron chi connectivity index (χ2n) is 5.69. The van der Waals surface area contributed by atoms with E-state index in [1.807, 2.05) is 0 Å². The van der Waals surface area contributed by atoms with Gasteiger partial charge >= 0.3 is 0 Å². The number of rotatable bonds is 5. The molecule has 0 bridgehead atoms. The quantitative estimate of drug-likeness (QED) is 0.871. The molecule has 1 aromatic rings. The summed E-state index contributed by atoms with van der Waals surface area (Å²) in [5.41, 5.74) is 6.16. The van der Waals surface area contributed by atoms with E-state index in [-0.39, 0.29) is 11.6 Å². The third-order valence-corrected chi connectivity index (χ3v) is 3.70. The molecule has 0 aliphatic heterocycles. The van der Waals surface area contributed by atoms with Crippen LogP contribution in [0.1, 0.15) is 57.3 Å². The topological polar surface area (TPSA) is 74.2 Å². The molecule has 1 saturated carbocycles. The van der Waals surface area contributed by atoms with E-state index in [0.29, 0.717) is 24.1 Å². The number of ether oxygens (including phenoxy) is 1. The summed E-state index contributed by atoms with van der Waals surface area (Å²) in [5, 5.41) is 4.02. The average Bonchev–Trinajstić information content (AvgIpc) is 2.90. The Balaban J connectivity index is 2.05. The van der Waals surface area contributed by atoms with Gasteiger partial charge in [-0.05, 0) is 18.8 Å². The van der Waals surface area contributed by atoms with E-state index >= 15 is 0 Å². The second-order valence-corrected chi connectivity index (χ2v) is 5.69. The Kier molecular flexibility index (Phi) is 4.02. The van der Waals surface area contributed by atoms with Crippen LogP contribution >= 0.6 is 0 Å². The first-order valence-electron chi connectivity index (χ1n) is 6.68. The second kappa shape index (κ2) is 5.36. The summed E-state index contributed by atoms with van der Waals surface area (Å²) in [6, 6.07) is 0. The van der Waals surface area contributed by atoms with Gasteiger partial charge in [0.15, 0.2) is 0 Å². The van der Waals surface area contributed by atoms with Gasteiger partial charge in [-0.2, -0.15) is 4.98 Å². The monoisotopic (exact) mass is 253 g/mol. The van der Waals surface area contributed by atoms with E-state index in [4.69, 9.17) is 15.0 Å². The molecule has 18 heavy (non-hydrogen) atoms. The van der Waals surface area contributed by atoms with Gasteiger partial charge < -0.3 is 15.0 Å².